The van der Waals surface area contributed by atoms with Crippen LogP contribution < -0.4 is 14.8 Å². The lowest BCUT2D eigenvalue weighted by Gasteiger charge is -2.19. The van der Waals surface area contributed by atoms with Crippen molar-refractivity contribution in [2.24, 2.45) is 0 Å². The van der Waals surface area contributed by atoms with E-state index in [9.17, 15) is 0 Å². The van der Waals surface area contributed by atoms with Crippen LogP contribution in [-0.4, -0.2) is 19.8 Å². The van der Waals surface area contributed by atoms with Crippen LogP contribution in [0.2, 0.25) is 0 Å². The fourth-order valence-corrected chi connectivity index (χ4v) is 2.32. The highest BCUT2D eigenvalue weighted by Gasteiger charge is 2.11. The van der Waals surface area contributed by atoms with Crippen molar-refractivity contribution in [3.8, 4) is 17.6 Å². The van der Waals surface area contributed by atoms with E-state index in [4.69, 9.17) is 14.7 Å². The molecule has 0 amide bonds. The average molecular weight is 280 g/mol. The molecule has 0 aliphatic carbocycles. The number of benzene rings is 2. The van der Waals surface area contributed by atoms with Gasteiger partial charge in [0.05, 0.1) is 11.3 Å². The van der Waals surface area contributed by atoms with Crippen molar-refractivity contribution in [3.63, 3.8) is 0 Å². The molecule has 3 rings (SSSR count). The highest BCUT2D eigenvalue weighted by molar-refractivity contribution is 5.57. The molecule has 4 nitrogen and oxygen atoms in total. The second-order valence-electron chi connectivity index (χ2n) is 4.81. The number of hydrogen-bond acceptors (Lipinski definition) is 4. The van der Waals surface area contributed by atoms with Gasteiger partial charge in [0.2, 0.25) is 0 Å². The van der Waals surface area contributed by atoms with Gasteiger partial charge in [-0.15, -0.1) is 0 Å². The van der Waals surface area contributed by atoms with Crippen LogP contribution in [0.25, 0.3) is 0 Å². The van der Waals surface area contributed by atoms with Gasteiger partial charge >= 0.3 is 0 Å². The second kappa shape index (κ2) is 6.19. The molecule has 0 saturated heterocycles. The summed E-state index contributed by atoms with van der Waals surface area (Å²) in [6, 6.07) is 15.7. The molecule has 0 atom stereocenters. The lowest BCUT2D eigenvalue weighted by molar-refractivity contribution is 0.171. The Bertz CT molecular complexity index is 677. The summed E-state index contributed by atoms with van der Waals surface area (Å²) in [7, 11) is 0. The van der Waals surface area contributed by atoms with Crippen molar-refractivity contribution >= 4 is 5.69 Å². The Morgan fingerprint density at radius 3 is 2.71 bits per heavy atom. The van der Waals surface area contributed by atoms with Gasteiger partial charge in [0.1, 0.15) is 19.3 Å². The summed E-state index contributed by atoms with van der Waals surface area (Å²) in [4.78, 5) is 0. The number of rotatable bonds is 4. The van der Waals surface area contributed by atoms with Crippen LogP contribution in [0.3, 0.4) is 0 Å². The number of anilines is 1. The average Bonchev–Trinajstić information content (AvgIpc) is 2.55. The van der Waals surface area contributed by atoms with E-state index in [1.165, 1.54) is 5.56 Å². The van der Waals surface area contributed by atoms with E-state index in [-0.39, 0.29) is 0 Å². The number of ether oxygens (including phenoxy) is 2. The summed E-state index contributed by atoms with van der Waals surface area (Å²) in [6.45, 7) is 1.97. The van der Waals surface area contributed by atoms with Crippen molar-refractivity contribution in [1.29, 1.82) is 5.26 Å². The molecule has 1 heterocycles. The zero-order valence-electron chi connectivity index (χ0n) is 11.6. The standard InChI is InChI=1S/C17H16N2O2/c18-12-14-3-1-2-4-15(14)19-8-7-13-5-6-16-17(11-13)21-10-9-20-16/h1-6,11,19H,7-10H2. The molecule has 4 heteroatoms. The van der Waals surface area contributed by atoms with Crippen molar-refractivity contribution in [2.75, 3.05) is 25.1 Å². The van der Waals surface area contributed by atoms with Gasteiger partial charge in [0, 0.05) is 6.54 Å². The lowest BCUT2D eigenvalue weighted by Crippen LogP contribution is -2.15. The van der Waals surface area contributed by atoms with Crippen molar-refractivity contribution in [2.45, 2.75) is 6.42 Å². The van der Waals surface area contributed by atoms with Crippen LogP contribution in [0, 0.1) is 11.3 Å². The van der Waals surface area contributed by atoms with Crippen LogP contribution in [0.1, 0.15) is 11.1 Å². The molecule has 0 radical (unpaired) electrons. The first-order valence-corrected chi connectivity index (χ1v) is 6.98. The quantitative estimate of drug-likeness (QED) is 0.935. The minimum absolute atomic E-state index is 0.601. The normalized spacial score (nSPS) is 12.5. The SMILES string of the molecule is N#Cc1ccccc1NCCc1ccc2c(c1)OCCO2. The number of para-hydroxylation sites is 1. The summed E-state index contributed by atoms with van der Waals surface area (Å²) in [5.74, 6) is 1.63. The van der Waals surface area contributed by atoms with E-state index in [0.717, 1.165) is 30.2 Å². The first kappa shape index (κ1) is 13.3. The van der Waals surface area contributed by atoms with E-state index < -0.39 is 0 Å². The highest BCUT2D eigenvalue weighted by atomic mass is 16.6. The highest BCUT2D eigenvalue weighted by Crippen LogP contribution is 2.30. The Labute approximate surface area is 123 Å². The Hall–Kier alpha value is -2.67. The lowest BCUT2D eigenvalue weighted by atomic mass is 10.1. The third-order valence-electron chi connectivity index (χ3n) is 3.38. The summed E-state index contributed by atoms with van der Waals surface area (Å²) in [5.41, 5.74) is 2.72. The van der Waals surface area contributed by atoms with Gasteiger partial charge in [-0.2, -0.15) is 5.26 Å². The Morgan fingerprint density at radius 1 is 1.05 bits per heavy atom. The van der Waals surface area contributed by atoms with Gasteiger partial charge in [0.25, 0.3) is 0 Å². The molecule has 0 unspecified atom stereocenters. The largest absolute Gasteiger partial charge is 0.486 e. The van der Waals surface area contributed by atoms with Crippen LogP contribution >= 0.6 is 0 Å². The molecule has 0 bridgehead atoms. The molecule has 2 aromatic rings. The monoisotopic (exact) mass is 280 g/mol. The third-order valence-corrected chi connectivity index (χ3v) is 3.38. The molecule has 1 aliphatic rings. The molecule has 0 saturated carbocycles. The maximum atomic E-state index is 9.05. The molecule has 106 valence electrons. The summed E-state index contributed by atoms with van der Waals surface area (Å²) in [6.07, 6.45) is 0.858. The minimum Gasteiger partial charge on any atom is -0.486 e. The van der Waals surface area contributed by atoms with Crippen LogP contribution in [-0.2, 0) is 6.42 Å². The van der Waals surface area contributed by atoms with E-state index in [0.29, 0.717) is 18.8 Å². The van der Waals surface area contributed by atoms with Gasteiger partial charge in [0.15, 0.2) is 11.5 Å². The van der Waals surface area contributed by atoms with Crippen LogP contribution in [0.4, 0.5) is 5.69 Å². The van der Waals surface area contributed by atoms with E-state index >= 15 is 0 Å². The molecule has 0 aromatic heterocycles. The van der Waals surface area contributed by atoms with Gasteiger partial charge in [-0.3, -0.25) is 0 Å². The second-order valence-corrected chi connectivity index (χ2v) is 4.81. The van der Waals surface area contributed by atoms with Crippen LogP contribution in [0.15, 0.2) is 42.5 Å². The Morgan fingerprint density at radius 2 is 1.86 bits per heavy atom. The number of fused-ring (bicyclic) bond motifs is 1. The summed E-state index contributed by atoms with van der Waals surface area (Å²) < 4.78 is 11.1. The zero-order chi connectivity index (χ0) is 14.5. The number of nitrogens with zero attached hydrogens (tertiary/aromatic N) is 1. The third kappa shape index (κ3) is 3.09. The van der Waals surface area contributed by atoms with Gasteiger partial charge in [-0.25, -0.2) is 0 Å². The molecular formula is C17H16N2O2. The molecule has 1 aliphatic heterocycles. The smallest absolute Gasteiger partial charge is 0.161 e. The van der Waals surface area contributed by atoms with Gasteiger partial charge in [-0.05, 0) is 36.2 Å². The number of nitrogens with one attached hydrogen (secondary N) is 1. The molecule has 0 fully saturated rings. The van der Waals surface area contributed by atoms with E-state index in [1.54, 1.807) is 0 Å². The maximum Gasteiger partial charge on any atom is 0.161 e. The molecule has 21 heavy (non-hydrogen) atoms. The van der Waals surface area contributed by atoms with Crippen LogP contribution in [0.5, 0.6) is 11.5 Å². The Balaban J connectivity index is 1.62. The maximum absolute atomic E-state index is 9.05. The first-order chi connectivity index (χ1) is 10.4. The summed E-state index contributed by atoms with van der Waals surface area (Å²) >= 11 is 0. The van der Waals surface area contributed by atoms with Gasteiger partial charge in [-0.1, -0.05) is 18.2 Å². The topological polar surface area (TPSA) is 54.3 Å². The predicted molar refractivity (Wildman–Crippen MR) is 80.8 cm³/mol. The van der Waals surface area contributed by atoms with Crippen molar-refractivity contribution in [3.05, 3.63) is 53.6 Å². The van der Waals surface area contributed by atoms with Gasteiger partial charge < -0.3 is 14.8 Å². The Kier molecular flexibility index (Phi) is 3.92. The molecule has 2 aromatic carbocycles. The molecule has 1 N–H and O–H groups in total. The van der Waals surface area contributed by atoms with E-state index in [1.807, 2.05) is 42.5 Å². The molecule has 0 spiro atoms. The molecular weight excluding hydrogens is 264 g/mol. The van der Waals surface area contributed by atoms with E-state index in [2.05, 4.69) is 11.4 Å². The number of nitriles is 1. The predicted octanol–water partition coefficient (Wildman–Crippen LogP) is 2.98. The number of hydrogen-bond donors (Lipinski definition) is 1. The fraction of sp³-hybridized carbons (Fsp3) is 0.235. The van der Waals surface area contributed by atoms with Crippen molar-refractivity contribution in [1.82, 2.24) is 0 Å². The minimum atomic E-state index is 0.601. The zero-order valence-corrected chi connectivity index (χ0v) is 11.6. The summed E-state index contributed by atoms with van der Waals surface area (Å²) in [5, 5.41) is 12.3. The fourth-order valence-electron chi connectivity index (χ4n) is 2.32. The first-order valence-electron chi connectivity index (χ1n) is 6.98. The van der Waals surface area contributed by atoms with Crippen molar-refractivity contribution < 1.29 is 9.47 Å².